The zero-order chi connectivity index (χ0) is 11.4. The van der Waals surface area contributed by atoms with E-state index in [0.29, 0.717) is 6.42 Å². The van der Waals surface area contributed by atoms with Gasteiger partial charge in [-0.3, -0.25) is 4.79 Å². The molecule has 0 fully saturated rings. The largest absolute Gasteiger partial charge is 0.312 e. The number of anilines is 1. The SMILES string of the molecule is O=C(CCBr)N1CCCCc2ccccc21. The van der Waals surface area contributed by atoms with Crippen molar-refractivity contribution in [1.29, 1.82) is 0 Å². The van der Waals surface area contributed by atoms with Crippen molar-refractivity contribution in [1.82, 2.24) is 0 Å². The number of carbonyl (C=O) groups excluding carboxylic acids is 1. The molecule has 0 aliphatic carbocycles. The fraction of sp³-hybridized carbons (Fsp3) is 0.462. The van der Waals surface area contributed by atoms with Crippen LogP contribution in [0.5, 0.6) is 0 Å². The lowest BCUT2D eigenvalue weighted by Crippen LogP contribution is -2.31. The lowest BCUT2D eigenvalue weighted by molar-refractivity contribution is -0.118. The van der Waals surface area contributed by atoms with E-state index in [4.69, 9.17) is 0 Å². The summed E-state index contributed by atoms with van der Waals surface area (Å²) in [5, 5.41) is 0.741. The maximum absolute atomic E-state index is 12.0. The van der Waals surface area contributed by atoms with Crippen LogP contribution < -0.4 is 4.90 Å². The molecule has 2 nitrogen and oxygen atoms in total. The number of halogens is 1. The second kappa shape index (κ2) is 5.48. The van der Waals surface area contributed by atoms with Gasteiger partial charge in [-0.25, -0.2) is 0 Å². The number of fused-ring (bicyclic) bond motifs is 1. The van der Waals surface area contributed by atoms with Crippen molar-refractivity contribution in [3.63, 3.8) is 0 Å². The number of carbonyl (C=O) groups is 1. The zero-order valence-electron chi connectivity index (χ0n) is 9.29. The highest BCUT2D eigenvalue weighted by Gasteiger charge is 2.19. The third-order valence-electron chi connectivity index (χ3n) is 2.97. The molecule has 1 aliphatic heterocycles. The van der Waals surface area contributed by atoms with Crippen LogP contribution in [0.2, 0.25) is 0 Å². The topological polar surface area (TPSA) is 20.3 Å². The van der Waals surface area contributed by atoms with Gasteiger partial charge in [-0.1, -0.05) is 34.1 Å². The second-order valence-corrected chi connectivity index (χ2v) is 4.86. The monoisotopic (exact) mass is 281 g/mol. The van der Waals surface area contributed by atoms with Crippen LogP contribution in [-0.2, 0) is 11.2 Å². The summed E-state index contributed by atoms with van der Waals surface area (Å²) >= 11 is 3.33. The Balaban J connectivity index is 2.28. The molecule has 86 valence electrons. The van der Waals surface area contributed by atoms with Gasteiger partial charge in [-0.2, -0.15) is 0 Å². The third kappa shape index (κ3) is 2.46. The first kappa shape index (κ1) is 11.6. The molecule has 0 unspecified atom stereocenters. The number of nitrogens with zero attached hydrogens (tertiary/aromatic N) is 1. The molecular weight excluding hydrogens is 266 g/mol. The fourth-order valence-electron chi connectivity index (χ4n) is 2.17. The molecule has 0 radical (unpaired) electrons. The first-order valence-corrected chi connectivity index (χ1v) is 6.89. The van der Waals surface area contributed by atoms with Gasteiger partial charge in [0.15, 0.2) is 0 Å². The van der Waals surface area contributed by atoms with E-state index in [-0.39, 0.29) is 5.91 Å². The summed E-state index contributed by atoms with van der Waals surface area (Å²) in [7, 11) is 0. The minimum atomic E-state index is 0.228. The molecule has 3 heteroatoms. The second-order valence-electron chi connectivity index (χ2n) is 4.07. The van der Waals surface area contributed by atoms with Crippen LogP contribution in [-0.4, -0.2) is 17.8 Å². The van der Waals surface area contributed by atoms with Gasteiger partial charge in [0.05, 0.1) is 0 Å². The summed E-state index contributed by atoms with van der Waals surface area (Å²) in [5.74, 6) is 0.228. The van der Waals surface area contributed by atoms with Gasteiger partial charge in [0.25, 0.3) is 0 Å². The quantitative estimate of drug-likeness (QED) is 0.763. The fourth-order valence-corrected chi connectivity index (χ4v) is 2.51. The summed E-state index contributed by atoms with van der Waals surface area (Å²) in [6.45, 7) is 0.864. The van der Waals surface area contributed by atoms with Crippen LogP contribution in [0, 0.1) is 0 Å². The van der Waals surface area contributed by atoms with E-state index in [1.165, 1.54) is 12.0 Å². The maximum Gasteiger partial charge on any atom is 0.227 e. The molecule has 0 spiro atoms. The first-order chi connectivity index (χ1) is 7.83. The van der Waals surface area contributed by atoms with Crippen molar-refractivity contribution in [2.45, 2.75) is 25.7 Å². The predicted molar refractivity (Wildman–Crippen MR) is 70.1 cm³/mol. The number of alkyl halides is 1. The standard InChI is InChI=1S/C13H16BrNO/c14-9-8-13(16)15-10-4-3-6-11-5-1-2-7-12(11)15/h1-2,5,7H,3-4,6,8-10H2. The van der Waals surface area contributed by atoms with Gasteiger partial charge < -0.3 is 4.90 Å². The van der Waals surface area contributed by atoms with Crippen LogP contribution in [0.25, 0.3) is 0 Å². The molecule has 0 aromatic heterocycles. The highest BCUT2D eigenvalue weighted by Crippen LogP contribution is 2.26. The zero-order valence-corrected chi connectivity index (χ0v) is 10.9. The lowest BCUT2D eigenvalue weighted by atomic mass is 10.1. The molecule has 1 aliphatic rings. The maximum atomic E-state index is 12.0. The smallest absolute Gasteiger partial charge is 0.227 e. The molecule has 1 aromatic rings. The molecule has 16 heavy (non-hydrogen) atoms. The van der Waals surface area contributed by atoms with E-state index >= 15 is 0 Å². The number of aryl methyl sites for hydroxylation is 1. The van der Waals surface area contributed by atoms with Crippen molar-refractivity contribution in [3.05, 3.63) is 29.8 Å². The van der Waals surface area contributed by atoms with Crippen LogP contribution in [0.3, 0.4) is 0 Å². The number of amides is 1. The summed E-state index contributed by atoms with van der Waals surface area (Å²) in [6, 6.07) is 8.26. The number of rotatable bonds is 2. The Bertz CT molecular complexity index is 378. The third-order valence-corrected chi connectivity index (χ3v) is 3.37. The van der Waals surface area contributed by atoms with Crippen molar-refractivity contribution in [3.8, 4) is 0 Å². The minimum Gasteiger partial charge on any atom is -0.312 e. The number of hydrogen-bond donors (Lipinski definition) is 0. The first-order valence-electron chi connectivity index (χ1n) is 5.77. The Kier molecular flexibility index (Phi) is 3.99. The van der Waals surface area contributed by atoms with Crippen LogP contribution in [0.1, 0.15) is 24.8 Å². The van der Waals surface area contributed by atoms with Crippen LogP contribution >= 0.6 is 15.9 Å². The molecule has 0 bridgehead atoms. The summed E-state index contributed by atoms with van der Waals surface area (Å²) < 4.78 is 0. The Labute approximate surface area is 105 Å². The number of hydrogen-bond acceptors (Lipinski definition) is 1. The van der Waals surface area contributed by atoms with E-state index in [9.17, 15) is 4.79 Å². The highest BCUT2D eigenvalue weighted by atomic mass is 79.9. The molecule has 0 atom stereocenters. The van der Waals surface area contributed by atoms with E-state index in [0.717, 1.165) is 30.4 Å². The molecule has 1 heterocycles. The van der Waals surface area contributed by atoms with E-state index in [2.05, 4.69) is 34.1 Å². The minimum absolute atomic E-state index is 0.228. The van der Waals surface area contributed by atoms with Gasteiger partial charge in [0.1, 0.15) is 0 Å². The van der Waals surface area contributed by atoms with Gasteiger partial charge in [-0.15, -0.1) is 0 Å². The van der Waals surface area contributed by atoms with Crippen molar-refractivity contribution in [2.24, 2.45) is 0 Å². The lowest BCUT2D eigenvalue weighted by Gasteiger charge is -2.22. The number of para-hydroxylation sites is 1. The Morgan fingerprint density at radius 1 is 1.31 bits per heavy atom. The summed E-state index contributed by atoms with van der Waals surface area (Å²) in [4.78, 5) is 14.0. The van der Waals surface area contributed by atoms with Gasteiger partial charge in [-0.05, 0) is 30.9 Å². The number of benzene rings is 1. The molecule has 0 N–H and O–H groups in total. The van der Waals surface area contributed by atoms with Crippen molar-refractivity contribution in [2.75, 3.05) is 16.8 Å². The normalized spacial score (nSPS) is 15.4. The van der Waals surface area contributed by atoms with Gasteiger partial charge >= 0.3 is 0 Å². The average Bonchev–Trinajstić information content (AvgIpc) is 2.51. The molecular formula is C13H16BrNO. The van der Waals surface area contributed by atoms with E-state index < -0.39 is 0 Å². The Hall–Kier alpha value is -0.830. The molecule has 0 saturated heterocycles. The molecule has 1 aromatic carbocycles. The molecule has 0 saturated carbocycles. The van der Waals surface area contributed by atoms with E-state index in [1.807, 2.05) is 11.0 Å². The van der Waals surface area contributed by atoms with Crippen molar-refractivity contribution < 1.29 is 4.79 Å². The Morgan fingerprint density at radius 2 is 2.12 bits per heavy atom. The van der Waals surface area contributed by atoms with Crippen molar-refractivity contribution >= 4 is 27.5 Å². The van der Waals surface area contributed by atoms with Crippen LogP contribution in [0.15, 0.2) is 24.3 Å². The highest BCUT2D eigenvalue weighted by molar-refractivity contribution is 9.09. The molecule has 2 rings (SSSR count). The average molecular weight is 282 g/mol. The summed E-state index contributed by atoms with van der Waals surface area (Å²) in [5.41, 5.74) is 2.42. The Morgan fingerprint density at radius 3 is 2.94 bits per heavy atom. The van der Waals surface area contributed by atoms with E-state index in [1.54, 1.807) is 0 Å². The van der Waals surface area contributed by atoms with Crippen LogP contribution in [0.4, 0.5) is 5.69 Å². The summed E-state index contributed by atoms with van der Waals surface area (Å²) in [6.07, 6.45) is 3.94. The van der Waals surface area contributed by atoms with Gasteiger partial charge in [0.2, 0.25) is 5.91 Å². The predicted octanol–water partition coefficient (Wildman–Crippen LogP) is 3.14. The molecule has 1 amide bonds. The van der Waals surface area contributed by atoms with Gasteiger partial charge in [0, 0.05) is 24.0 Å².